The second-order valence-electron chi connectivity index (χ2n) is 7.93. The zero-order valence-electron chi connectivity index (χ0n) is 18.2. The van der Waals surface area contributed by atoms with E-state index in [4.69, 9.17) is 21.3 Å². The summed E-state index contributed by atoms with van der Waals surface area (Å²) in [5, 5.41) is 1.25. The first kappa shape index (κ1) is 24.1. The molecule has 4 aromatic rings. The summed E-state index contributed by atoms with van der Waals surface area (Å²) in [7, 11) is 0. The van der Waals surface area contributed by atoms with Gasteiger partial charge in [0.15, 0.2) is 5.82 Å². The van der Waals surface area contributed by atoms with E-state index in [9.17, 15) is 8.78 Å². The molecule has 5 rings (SSSR count). The molecular formula is C25H19ClF3N3OS2. The van der Waals surface area contributed by atoms with Gasteiger partial charge in [-0.1, -0.05) is 17.7 Å². The van der Waals surface area contributed by atoms with Crippen LogP contribution in [0.2, 0.25) is 5.15 Å². The third-order valence-corrected chi connectivity index (χ3v) is 7.95. The predicted molar refractivity (Wildman–Crippen MR) is 134 cm³/mol. The van der Waals surface area contributed by atoms with Crippen LogP contribution in [0.5, 0.6) is 0 Å². The molecule has 1 fully saturated rings. The first-order valence-electron chi connectivity index (χ1n) is 10.9. The van der Waals surface area contributed by atoms with Crippen LogP contribution in [0.15, 0.2) is 59.6 Å². The van der Waals surface area contributed by atoms with Crippen molar-refractivity contribution < 1.29 is 17.9 Å². The lowest BCUT2D eigenvalue weighted by atomic mass is 10.0. The van der Waals surface area contributed by atoms with Crippen LogP contribution in [-0.2, 0) is 4.74 Å². The zero-order valence-corrected chi connectivity index (χ0v) is 20.6. The summed E-state index contributed by atoms with van der Waals surface area (Å²) in [5.74, 6) is -1.48. The number of rotatable bonds is 6. The van der Waals surface area contributed by atoms with E-state index in [0.29, 0.717) is 29.6 Å². The maximum absolute atomic E-state index is 15.7. The lowest BCUT2D eigenvalue weighted by Gasteiger charge is -2.19. The smallest absolute Gasteiger partial charge is 0.156 e. The molecule has 2 aromatic heterocycles. The number of aromatic nitrogens is 2. The molecular weight excluding hydrogens is 515 g/mol. The second-order valence-corrected chi connectivity index (χ2v) is 10.2. The highest BCUT2D eigenvalue weighted by Crippen LogP contribution is 2.43. The van der Waals surface area contributed by atoms with E-state index < -0.39 is 17.5 Å². The molecule has 0 radical (unpaired) electrons. The largest absolute Gasteiger partial charge is 0.381 e. The number of nitrogens with one attached hydrogen (secondary N) is 1. The van der Waals surface area contributed by atoms with Gasteiger partial charge in [-0.15, -0.1) is 11.3 Å². The van der Waals surface area contributed by atoms with Crippen LogP contribution in [-0.4, -0.2) is 23.2 Å². The van der Waals surface area contributed by atoms with Gasteiger partial charge in [-0.3, -0.25) is 0 Å². The summed E-state index contributed by atoms with van der Waals surface area (Å²) < 4.78 is 51.6. The molecule has 0 spiro atoms. The molecule has 1 N–H and O–H groups in total. The SMILES string of the molecule is Fc1ccc(F)c(SNc2cccc(-c3nc(C4CCOCC4)sc3-c3ccnc(Cl)c3)c2F)c1. The van der Waals surface area contributed by atoms with Crippen LogP contribution >= 0.6 is 34.9 Å². The number of halogens is 4. The van der Waals surface area contributed by atoms with Crippen LogP contribution in [0.3, 0.4) is 0 Å². The van der Waals surface area contributed by atoms with Gasteiger partial charge in [0.2, 0.25) is 0 Å². The average molecular weight is 534 g/mol. The fourth-order valence-corrected chi connectivity index (χ4v) is 5.97. The molecule has 0 amide bonds. The highest BCUT2D eigenvalue weighted by molar-refractivity contribution is 8.00. The standard InChI is InChI=1S/C25H19ClF3N3OS2/c26-21-12-15(6-9-30-21)24-23(31-25(34-24)14-7-10-33-11-8-14)17-2-1-3-19(22(17)29)32-35-20-13-16(27)4-5-18(20)28/h1-6,9,12-14,32H,7-8,10-11H2. The van der Waals surface area contributed by atoms with Gasteiger partial charge in [-0.2, -0.15) is 0 Å². The van der Waals surface area contributed by atoms with E-state index in [0.717, 1.165) is 58.4 Å². The summed E-state index contributed by atoms with van der Waals surface area (Å²) in [6.07, 6.45) is 3.31. The zero-order chi connectivity index (χ0) is 24.4. The average Bonchev–Trinajstić information content (AvgIpc) is 3.31. The Hall–Kier alpha value is -2.59. The lowest BCUT2D eigenvalue weighted by molar-refractivity contribution is 0.0853. The minimum Gasteiger partial charge on any atom is -0.381 e. The van der Waals surface area contributed by atoms with Crippen molar-refractivity contribution in [1.82, 2.24) is 9.97 Å². The minimum absolute atomic E-state index is 0.0254. The monoisotopic (exact) mass is 533 g/mol. The van der Waals surface area contributed by atoms with Crippen LogP contribution in [0.25, 0.3) is 21.7 Å². The van der Waals surface area contributed by atoms with Crippen molar-refractivity contribution in [3.63, 3.8) is 0 Å². The van der Waals surface area contributed by atoms with E-state index in [2.05, 4.69) is 9.71 Å². The number of pyridine rings is 1. The maximum atomic E-state index is 15.7. The Bertz CT molecular complexity index is 1360. The van der Waals surface area contributed by atoms with Gasteiger partial charge in [-0.05, 0) is 72.8 Å². The van der Waals surface area contributed by atoms with Crippen molar-refractivity contribution in [1.29, 1.82) is 0 Å². The lowest BCUT2D eigenvalue weighted by Crippen LogP contribution is -2.13. The Morgan fingerprint density at radius 3 is 2.69 bits per heavy atom. The Morgan fingerprint density at radius 1 is 1.06 bits per heavy atom. The molecule has 1 aliphatic heterocycles. The molecule has 2 aromatic carbocycles. The summed E-state index contributed by atoms with van der Waals surface area (Å²) >= 11 is 8.46. The van der Waals surface area contributed by atoms with Gasteiger partial charge in [0, 0.05) is 30.9 Å². The van der Waals surface area contributed by atoms with Crippen molar-refractivity contribution in [2.75, 3.05) is 17.9 Å². The Labute approximate surface area is 213 Å². The molecule has 1 aliphatic rings. The molecule has 35 heavy (non-hydrogen) atoms. The fraction of sp³-hybridized carbons (Fsp3) is 0.200. The van der Waals surface area contributed by atoms with E-state index in [1.165, 1.54) is 17.4 Å². The van der Waals surface area contributed by atoms with Crippen molar-refractivity contribution in [2.24, 2.45) is 0 Å². The second kappa shape index (κ2) is 10.6. The van der Waals surface area contributed by atoms with Crippen LogP contribution in [0.4, 0.5) is 18.9 Å². The van der Waals surface area contributed by atoms with E-state index in [-0.39, 0.29) is 16.5 Å². The Balaban J connectivity index is 1.53. The van der Waals surface area contributed by atoms with Gasteiger partial charge in [0.05, 0.1) is 26.2 Å². The molecule has 1 saturated heterocycles. The van der Waals surface area contributed by atoms with Gasteiger partial charge in [0.25, 0.3) is 0 Å². The number of nitrogens with zero attached hydrogens (tertiary/aromatic N) is 2. The minimum atomic E-state index is -0.599. The molecule has 0 aliphatic carbocycles. The number of benzene rings is 2. The Kier molecular flexibility index (Phi) is 7.29. The van der Waals surface area contributed by atoms with E-state index in [1.807, 2.05) is 6.07 Å². The van der Waals surface area contributed by atoms with E-state index >= 15 is 4.39 Å². The van der Waals surface area contributed by atoms with Gasteiger partial charge >= 0.3 is 0 Å². The normalized spacial score (nSPS) is 14.3. The molecule has 10 heteroatoms. The third kappa shape index (κ3) is 5.33. The van der Waals surface area contributed by atoms with Gasteiger partial charge in [-0.25, -0.2) is 23.1 Å². The summed E-state index contributed by atoms with van der Waals surface area (Å²) in [6.45, 7) is 1.33. The summed E-state index contributed by atoms with van der Waals surface area (Å²) in [4.78, 5) is 9.74. The fourth-order valence-electron chi connectivity index (χ4n) is 3.84. The number of anilines is 1. The van der Waals surface area contributed by atoms with Crippen molar-refractivity contribution in [2.45, 2.75) is 23.7 Å². The Morgan fingerprint density at radius 2 is 1.89 bits per heavy atom. The summed E-state index contributed by atoms with van der Waals surface area (Å²) in [6, 6.07) is 11.6. The topological polar surface area (TPSA) is 47.0 Å². The first-order chi connectivity index (χ1) is 17.0. The number of hydrogen-bond acceptors (Lipinski definition) is 6. The number of thiazole rings is 1. The highest BCUT2D eigenvalue weighted by atomic mass is 35.5. The predicted octanol–water partition coefficient (Wildman–Crippen LogP) is 7.96. The quantitative estimate of drug-likeness (QED) is 0.201. The van der Waals surface area contributed by atoms with Crippen LogP contribution in [0.1, 0.15) is 23.8 Å². The summed E-state index contributed by atoms with van der Waals surface area (Å²) in [5.41, 5.74) is 1.73. The third-order valence-electron chi connectivity index (χ3n) is 5.62. The molecule has 0 unspecified atom stereocenters. The van der Waals surface area contributed by atoms with Crippen molar-refractivity contribution in [3.05, 3.63) is 82.3 Å². The van der Waals surface area contributed by atoms with Crippen LogP contribution in [0, 0.1) is 17.5 Å². The molecule has 4 nitrogen and oxygen atoms in total. The molecule has 3 heterocycles. The molecule has 180 valence electrons. The van der Waals surface area contributed by atoms with Crippen molar-refractivity contribution in [3.8, 4) is 21.7 Å². The van der Waals surface area contributed by atoms with E-state index in [1.54, 1.807) is 24.4 Å². The highest BCUT2D eigenvalue weighted by Gasteiger charge is 2.25. The first-order valence-corrected chi connectivity index (χ1v) is 12.9. The van der Waals surface area contributed by atoms with Gasteiger partial charge < -0.3 is 9.46 Å². The molecule has 0 atom stereocenters. The molecule has 0 saturated carbocycles. The number of ether oxygens (including phenoxy) is 1. The van der Waals surface area contributed by atoms with Crippen LogP contribution < -0.4 is 4.72 Å². The van der Waals surface area contributed by atoms with Gasteiger partial charge in [0.1, 0.15) is 16.8 Å². The van der Waals surface area contributed by atoms with Crippen molar-refractivity contribution >= 4 is 40.6 Å². The molecule has 0 bridgehead atoms. The maximum Gasteiger partial charge on any atom is 0.156 e. The number of hydrogen-bond donors (Lipinski definition) is 1.